The number of thiocarbonyl (C=S) groups is 1. The zero-order valence-electron chi connectivity index (χ0n) is 12.5. The van der Waals surface area contributed by atoms with Crippen molar-refractivity contribution in [1.29, 1.82) is 0 Å². The molecule has 0 atom stereocenters. The van der Waals surface area contributed by atoms with E-state index in [1.165, 1.54) is 0 Å². The molecular weight excluding hydrogens is 302 g/mol. The molecule has 0 unspecified atom stereocenters. The van der Waals surface area contributed by atoms with Gasteiger partial charge in [-0.2, -0.15) is 0 Å². The SMILES string of the molecule is S=C(NCCN1CCOCC1)Nc1ccc2c(c1)OCCO2. The second-order valence-electron chi connectivity index (χ2n) is 5.19. The topological polar surface area (TPSA) is 55.0 Å². The molecule has 0 bridgehead atoms. The lowest BCUT2D eigenvalue weighted by Gasteiger charge is -2.26. The molecule has 1 fully saturated rings. The summed E-state index contributed by atoms with van der Waals surface area (Å²) < 4.78 is 16.4. The Morgan fingerprint density at radius 3 is 2.68 bits per heavy atom. The van der Waals surface area contributed by atoms with Crippen LogP contribution in [0.3, 0.4) is 0 Å². The van der Waals surface area contributed by atoms with E-state index in [1.807, 2.05) is 18.2 Å². The molecule has 7 heteroatoms. The van der Waals surface area contributed by atoms with Crippen molar-refractivity contribution in [1.82, 2.24) is 10.2 Å². The summed E-state index contributed by atoms with van der Waals surface area (Å²) in [6.45, 7) is 6.58. The van der Waals surface area contributed by atoms with Crippen LogP contribution in [0.15, 0.2) is 18.2 Å². The van der Waals surface area contributed by atoms with Crippen LogP contribution in [-0.4, -0.2) is 62.6 Å². The summed E-state index contributed by atoms with van der Waals surface area (Å²) in [7, 11) is 0. The summed E-state index contributed by atoms with van der Waals surface area (Å²) in [4.78, 5) is 2.36. The lowest BCUT2D eigenvalue weighted by Crippen LogP contribution is -2.42. The largest absolute Gasteiger partial charge is 0.486 e. The third-order valence-corrected chi connectivity index (χ3v) is 3.86. The minimum Gasteiger partial charge on any atom is -0.486 e. The van der Waals surface area contributed by atoms with E-state index in [1.54, 1.807) is 0 Å². The molecule has 1 aromatic carbocycles. The predicted octanol–water partition coefficient (Wildman–Crippen LogP) is 1.08. The van der Waals surface area contributed by atoms with E-state index in [4.69, 9.17) is 26.4 Å². The molecule has 0 amide bonds. The van der Waals surface area contributed by atoms with Gasteiger partial charge < -0.3 is 24.8 Å². The third-order valence-electron chi connectivity index (χ3n) is 3.62. The Morgan fingerprint density at radius 1 is 1.09 bits per heavy atom. The molecule has 1 saturated heterocycles. The average molecular weight is 323 g/mol. The molecule has 2 heterocycles. The maximum absolute atomic E-state index is 5.56. The molecule has 0 saturated carbocycles. The summed E-state index contributed by atoms with van der Waals surface area (Å²) in [5.74, 6) is 1.54. The predicted molar refractivity (Wildman–Crippen MR) is 88.9 cm³/mol. The van der Waals surface area contributed by atoms with Crippen LogP contribution in [0.5, 0.6) is 11.5 Å². The Hall–Kier alpha value is -1.57. The van der Waals surface area contributed by atoms with Crippen molar-refractivity contribution in [2.24, 2.45) is 0 Å². The number of morpholine rings is 1. The van der Waals surface area contributed by atoms with Crippen LogP contribution in [0.1, 0.15) is 0 Å². The number of rotatable bonds is 4. The van der Waals surface area contributed by atoms with Gasteiger partial charge in [-0.15, -0.1) is 0 Å². The monoisotopic (exact) mass is 323 g/mol. The Bertz CT molecular complexity index is 521. The Morgan fingerprint density at radius 2 is 1.86 bits per heavy atom. The van der Waals surface area contributed by atoms with E-state index in [0.717, 1.165) is 56.6 Å². The maximum Gasteiger partial charge on any atom is 0.170 e. The Kier molecular flexibility index (Phi) is 5.31. The van der Waals surface area contributed by atoms with Crippen molar-refractivity contribution >= 4 is 23.0 Å². The highest BCUT2D eigenvalue weighted by Gasteiger charge is 2.12. The summed E-state index contributed by atoms with van der Waals surface area (Å²) in [6.07, 6.45) is 0. The zero-order chi connectivity index (χ0) is 15.2. The van der Waals surface area contributed by atoms with Gasteiger partial charge in [0.2, 0.25) is 0 Å². The molecule has 0 aromatic heterocycles. The van der Waals surface area contributed by atoms with Gasteiger partial charge >= 0.3 is 0 Å². The molecule has 120 valence electrons. The van der Waals surface area contributed by atoms with E-state index >= 15 is 0 Å². The number of benzene rings is 1. The van der Waals surface area contributed by atoms with Crippen molar-refractivity contribution in [2.75, 3.05) is 57.9 Å². The van der Waals surface area contributed by atoms with Crippen molar-refractivity contribution in [3.05, 3.63) is 18.2 Å². The fraction of sp³-hybridized carbons (Fsp3) is 0.533. The molecule has 6 nitrogen and oxygen atoms in total. The molecule has 2 aliphatic rings. The van der Waals surface area contributed by atoms with Gasteiger partial charge in [0.05, 0.1) is 13.2 Å². The minimum absolute atomic E-state index is 0.582. The highest BCUT2D eigenvalue weighted by molar-refractivity contribution is 7.80. The van der Waals surface area contributed by atoms with Crippen molar-refractivity contribution in [2.45, 2.75) is 0 Å². The van der Waals surface area contributed by atoms with E-state index in [2.05, 4.69) is 15.5 Å². The molecule has 0 radical (unpaired) electrons. The summed E-state index contributed by atoms with van der Waals surface area (Å²) >= 11 is 5.32. The lowest BCUT2D eigenvalue weighted by atomic mass is 10.2. The van der Waals surface area contributed by atoms with Gasteiger partial charge in [-0.1, -0.05) is 0 Å². The van der Waals surface area contributed by atoms with Crippen LogP contribution in [0.4, 0.5) is 5.69 Å². The number of nitrogens with one attached hydrogen (secondary N) is 2. The maximum atomic E-state index is 5.56. The molecule has 0 spiro atoms. The van der Waals surface area contributed by atoms with Gasteiger partial charge in [0.1, 0.15) is 13.2 Å². The molecule has 3 rings (SSSR count). The first kappa shape index (κ1) is 15.3. The van der Waals surface area contributed by atoms with Crippen LogP contribution in [0.25, 0.3) is 0 Å². The fourth-order valence-electron chi connectivity index (χ4n) is 2.45. The first-order valence-corrected chi connectivity index (χ1v) is 7.97. The molecule has 22 heavy (non-hydrogen) atoms. The number of hydrogen-bond acceptors (Lipinski definition) is 5. The first-order chi connectivity index (χ1) is 10.8. The lowest BCUT2D eigenvalue weighted by molar-refractivity contribution is 0.0389. The number of ether oxygens (including phenoxy) is 3. The van der Waals surface area contributed by atoms with Crippen molar-refractivity contribution in [3.63, 3.8) is 0 Å². The van der Waals surface area contributed by atoms with Crippen LogP contribution < -0.4 is 20.1 Å². The number of fused-ring (bicyclic) bond motifs is 1. The molecule has 0 aliphatic carbocycles. The summed E-state index contributed by atoms with van der Waals surface area (Å²) in [5, 5.41) is 7.01. The Labute approximate surface area is 135 Å². The number of hydrogen-bond donors (Lipinski definition) is 2. The van der Waals surface area contributed by atoms with E-state index in [0.29, 0.717) is 18.3 Å². The highest BCUT2D eigenvalue weighted by atomic mass is 32.1. The molecular formula is C15H21N3O3S. The quantitative estimate of drug-likeness (QED) is 0.804. The van der Waals surface area contributed by atoms with Crippen molar-refractivity contribution < 1.29 is 14.2 Å². The number of anilines is 1. The molecule has 1 aromatic rings. The summed E-state index contributed by atoms with van der Waals surface area (Å²) in [5.41, 5.74) is 0.896. The van der Waals surface area contributed by atoms with Crippen LogP contribution in [0, 0.1) is 0 Å². The number of nitrogens with zero attached hydrogens (tertiary/aromatic N) is 1. The minimum atomic E-state index is 0.582. The van der Waals surface area contributed by atoms with E-state index in [-0.39, 0.29) is 0 Å². The van der Waals surface area contributed by atoms with Gasteiger partial charge in [0, 0.05) is 37.9 Å². The van der Waals surface area contributed by atoms with Crippen LogP contribution in [0.2, 0.25) is 0 Å². The van der Waals surface area contributed by atoms with Crippen molar-refractivity contribution in [3.8, 4) is 11.5 Å². The molecule has 2 N–H and O–H groups in total. The van der Waals surface area contributed by atoms with Crippen LogP contribution >= 0.6 is 12.2 Å². The zero-order valence-corrected chi connectivity index (χ0v) is 13.3. The fourth-order valence-corrected chi connectivity index (χ4v) is 2.67. The van der Waals surface area contributed by atoms with E-state index in [9.17, 15) is 0 Å². The Balaban J connectivity index is 1.43. The second-order valence-corrected chi connectivity index (χ2v) is 5.60. The third kappa shape index (κ3) is 4.22. The normalized spacial score (nSPS) is 17.8. The van der Waals surface area contributed by atoms with Gasteiger partial charge in [-0.05, 0) is 24.4 Å². The van der Waals surface area contributed by atoms with Gasteiger partial charge in [0.15, 0.2) is 16.6 Å². The van der Waals surface area contributed by atoms with E-state index < -0.39 is 0 Å². The van der Waals surface area contributed by atoms with Gasteiger partial charge in [-0.3, -0.25) is 4.90 Å². The smallest absolute Gasteiger partial charge is 0.170 e. The second kappa shape index (κ2) is 7.62. The highest BCUT2D eigenvalue weighted by Crippen LogP contribution is 2.32. The van der Waals surface area contributed by atoms with Crippen LogP contribution in [-0.2, 0) is 4.74 Å². The average Bonchev–Trinajstić information content (AvgIpc) is 2.56. The van der Waals surface area contributed by atoms with Gasteiger partial charge in [-0.25, -0.2) is 0 Å². The van der Waals surface area contributed by atoms with Gasteiger partial charge in [0.25, 0.3) is 0 Å². The summed E-state index contributed by atoms with van der Waals surface area (Å²) in [6, 6.07) is 5.74. The first-order valence-electron chi connectivity index (χ1n) is 7.56. The molecule has 2 aliphatic heterocycles. The standard InChI is InChI=1S/C15H21N3O3S/c22-15(16-3-4-18-5-7-19-8-6-18)17-12-1-2-13-14(11-12)21-10-9-20-13/h1-2,11H,3-10H2,(H2,16,17,22).